The number of hydrogen-bond acceptors (Lipinski definition) is 10. The predicted octanol–water partition coefficient (Wildman–Crippen LogP) is 4.30. The first-order chi connectivity index (χ1) is 16.1. The molecule has 0 bridgehead atoms. The molecule has 0 aromatic heterocycles. The van der Waals surface area contributed by atoms with Crippen molar-refractivity contribution in [1.82, 2.24) is 16.0 Å². The van der Waals surface area contributed by atoms with Gasteiger partial charge in [-0.05, 0) is 53.5 Å². The van der Waals surface area contributed by atoms with Crippen LogP contribution in [-0.4, -0.2) is 87.0 Å². The maximum Gasteiger partial charge on any atom is 0.407 e. The standard InChI is InChI=1S/C23H49N3O5S3/c1-19(2)24-11-15-28-17-18-29-16-12-26-22(27)31-14-9-23(5,6)34-33-21(4)30-13-8-7-10-25-20(3)32/h19-21,24-25,32H,7-18H2,1-6H3,(H,26,27)/t20-,21?/m0/s1. The number of ether oxygens (including phenoxy) is 4. The molecular weight excluding hydrogens is 494 g/mol. The molecule has 0 aromatic rings. The second-order valence-electron chi connectivity index (χ2n) is 8.86. The second-order valence-corrected chi connectivity index (χ2v) is 12.8. The van der Waals surface area contributed by atoms with Crippen LogP contribution in [0.15, 0.2) is 0 Å². The molecule has 0 saturated heterocycles. The van der Waals surface area contributed by atoms with E-state index in [1.54, 1.807) is 21.6 Å². The molecule has 0 heterocycles. The lowest BCUT2D eigenvalue weighted by atomic mass is 10.1. The highest BCUT2D eigenvalue weighted by Crippen LogP contribution is 2.40. The fourth-order valence-electron chi connectivity index (χ4n) is 2.46. The summed E-state index contributed by atoms with van der Waals surface area (Å²) in [5.74, 6) is 0. The van der Waals surface area contributed by atoms with Gasteiger partial charge in [-0.3, -0.25) is 0 Å². The van der Waals surface area contributed by atoms with Crippen molar-refractivity contribution in [3.05, 3.63) is 0 Å². The summed E-state index contributed by atoms with van der Waals surface area (Å²) in [6.07, 6.45) is 2.46. The average Bonchev–Trinajstić information content (AvgIpc) is 2.75. The molecule has 1 amide bonds. The number of carbonyl (C=O) groups excluding carboxylic acids is 1. The maximum absolute atomic E-state index is 11.8. The number of nitrogens with one attached hydrogen (secondary N) is 3. The highest BCUT2D eigenvalue weighted by molar-refractivity contribution is 8.77. The Hall–Kier alpha value is 0.120. The summed E-state index contributed by atoms with van der Waals surface area (Å²) >= 11 is 4.30. The molecule has 0 fully saturated rings. The topological polar surface area (TPSA) is 90.1 Å². The second kappa shape index (κ2) is 22.3. The lowest BCUT2D eigenvalue weighted by Gasteiger charge is -2.24. The van der Waals surface area contributed by atoms with Crippen molar-refractivity contribution < 1.29 is 23.7 Å². The Morgan fingerprint density at radius 3 is 2.21 bits per heavy atom. The molecule has 204 valence electrons. The summed E-state index contributed by atoms with van der Waals surface area (Å²) in [7, 11) is 3.49. The highest BCUT2D eigenvalue weighted by atomic mass is 33.1. The molecule has 0 aliphatic heterocycles. The van der Waals surface area contributed by atoms with Gasteiger partial charge in [-0.25, -0.2) is 4.79 Å². The summed E-state index contributed by atoms with van der Waals surface area (Å²) in [5.41, 5.74) is 0.118. The molecule has 0 aliphatic carbocycles. The minimum absolute atomic E-state index is 0.0248. The molecule has 3 N–H and O–H groups in total. The van der Waals surface area contributed by atoms with Gasteiger partial charge in [0.05, 0.1) is 33.0 Å². The van der Waals surface area contributed by atoms with Gasteiger partial charge in [0, 0.05) is 35.9 Å². The third-order valence-electron chi connectivity index (χ3n) is 4.40. The van der Waals surface area contributed by atoms with E-state index in [2.05, 4.69) is 63.2 Å². The number of unbranched alkanes of at least 4 members (excludes halogenated alkanes) is 1. The van der Waals surface area contributed by atoms with Gasteiger partial charge in [0.1, 0.15) is 5.44 Å². The van der Waals surface area contributed by atoms with Crippen LogP contribution in [0, 0.1) is 0 Å². The van der Waals surface area contributed by atoms with Crippen molar-refractivity contribution >= 4 is 40.3 Å². The van der Waals surface area contributed by atoms with Crippen LogP contribution in [0.25, 0.3) is 0 Å². The lowest BCUT2D eigenvalue weighted by molar-refractivity contribution is 0.0489. The molecule has 0 aromatic carbocycles. The SMILES string of the molecule is CC(C)NCCOCCOCCNC(=O)OCCC(C)(C)SSC(C)OCCCCN[C@H](C)S. The number of rotatable bonds is 23. The third-order valence-corrected chi connectivity index (χ3v) is 8.19. The molecule has 2 atom stereocenters. The average molecular weight is 544 g/mol. The van der Waals surface area contributed by atoms with E-state index in [0.29, 0.717) is 45.6 Å². The van der Waals surface area contributed by atoms with E-state index in [4.69, 9.17) is 18.9 Å². The number of alkyl carbamates (subject to hydrolysis) is 1. The predicted molar refractivity (Wildman–Crippen MR) is 149 cm³/mol. The smallest absolute Gasteiger partial charge is 0.407 e. The van der Waals surface area contributed by atoms with Crippen molar-refractivity contribution in [2.45, 2.75) is 82.4 Å². The van der Waals surface area contributed by atoms with Gasteiger partial charge >= 0.3 is 6.09 Å². The summed E-state index contributed by atoms with van der Waals surface area (Å²) in [6.45, 7) is 18.1. The fourth-order valence-corrected chi connectivity index (χ4v) is 4.91. The first-order valence-electron chi connectivity index (χ1n) is 12.3. The summed E-state index contributed by atoms with van der Waals surface area (Å²) < 4.78 is 22.0. The van der Waals surface area contributed by atoms with Crippen LogP contribution in [0.2, 0.25) is 0 Å². The van der Waals surface area contributed by atoms with E-state index in [0.717, 1.165) is 39.0 Å². The zero-order valence-corrected chi connectivity index (χ0v) is 24.5. The summed E-state index contributed by atoms with van der Waals surface area (Å²) in [4.78, 5) is 11.8. The number of hydrogen-bond donors (Lipinski definition) is 4. The van der Waals surface area contributed by atoms with Gasteiger partial charge in [-0.15, -0.1) is 0 Å². The Kier molecular flexibility index (Phi) is 22.4. The van der Waals surface area contributed by atoms with E-state index in [1.165, 1.54) is 0 Å². The van der Waals surface area contributed by atoms with Gasteiger partial charge in [0.25, 0.3) is 0 Å². The Bertz CT molecular complexity index is 489. The van der Waals surface area contributed by atoms with E-state index < -0.39 is 6.09 Å². The van der Waals surface area contributed by atoms with E-state index in [9.17, 15) is 4.79 Å². The van der Waals surface area contributed by atoms with Gasteiger partial charge in [0.2, 0.25) is 0 Å². The first-order valence-corrected chi connectivity index (χ1v) is 15.0. The van der Waals surface area contributed by atoms with Crippen LogP contribution in [0.4, 0.5) is 4.79 Å². The van der Waals surface area contributed by atoms with Crippen molar-refractivity contribution in [2.24, 2.45) is 0 Å². The molecule has 1 unspecified atom stereocenters. The van der Waals surface area contributed by atoms with Crippen molar-refractivity contribution in [3.63, 3.8) is 0 Å². The molecule has 0 saturated carbocycles. The van der Waals surface area contributed by atoms with Crippen molar-refractivity contribution in [1.29, 1.82) is 0 Å². The van der Waals surface area contributed by atoms with Crippen LogP contribution < -0.4 is 16.0 Å². The van der Waals surface area contributed by atoms with Crippen molar-refractivity contribution in [2.75, 3.05) is 59.3 Å². The Morgan fingerprint density at radius 1 is 0.882 bits per heavy atom. The Labute approximate surface area is 221 Å². The van der Waals surface area contributed by atoms with Gasteiger partial charge in [0.15, 0.2) is 0 Å². The molecule has 11 heteroatoms. The molecule has 34 heavy (non-hydrogen) atoms. The Morgan fingerprint density at radius 2 is 1.56 bits per heavy atom. The van der Waals surface area contributed by atoms with Crippen LogP contribution in [-0.2, 0) is 18.9 Å². The van der Waals surface area contributed by atoms with E-state index >= 15 is 0 Å². The normalized spacial score (nSPS) is 13.8. The first kappa shape index (κ1) is 34.1. The molecular formula is C23H49N3O5S3. The van der Waals surface area contributed by atoms with Crippen molar-refractivity contribution in [3.8, 4) is 0 Å². The molecule has 0 rings (SSSR count). The quantitative estimate of drug-likeness (QED) is 0.0652. The fraction of sp³-hybridized carbons (Fsp3) is 0.957. The Balaban J connectivity index is 3.60. The molecule has 0 aliphatic rings. The third kappa shape index (κ3) is 25.2. The molecule has 0 spiro atoms. The number of thiol groups is 1. The van der Waals surface area contributed by atoms with E-state index in [-0.39, 0.29) is 15.6 Å². The molecule has 0 radical (unpaired) electrons. The minimum atomic E-state index is -0.411. The zero-order chi connectivity index (χ0) is 25.7. The van der Waals surface area contributed by atoms with Crippen LogP contribution >= 0.6 is 34.2 Å². The van der Waals surface area contributed by atoms with Crippen LogP contribution in [0.1, 0.15) is 60.8 Å². The number of amides is 1. The largest absolute Gasteiger partial charge is 0.450 e. The van der Waals surface area contributed by atoms with Gasteiger partial charge < -0.3 is 34.9 Å². The van der Waals surface area contributed by atoms with Crippen LogP contribution in [0.3, 0.4) is 0 Å². The lowest BCUT2D eigenvalue weighted by Crippen LogP contribution is -2.30. The zero-order valence-electron chi connectivity index (χ0n) is 22.0. The minimum Gasteiger partial charge on any atom is -0.450 e. The van der Waals surface area contributed by atoms with E-state index in [1.807, 2.05) is 6.92 Å². The number of carbonyl (C=O) groups is 1. The monoisotopic (exact) mass is 543 g/mol. The molecule has 8 nitrogen and oxygen atoms in total. The maximum atomic E-state index is 11.8. The highest BCUT2D eigenvalue weighted by Gasteiger charge is 2.21. The van der Waals surface area contributed by atoms with Gasteiger partial charge in [-0.2, -0.15) is 12.6 Å². The van der Waals surface area contributed by atoms with Crippen LogP contribution in [0.5, 0.6) is 0 Å². The summed E-state index contributed by atoms with van der Waals surface area (Å²) in [5, 5.41) is 9.51. The summed E-state index contributed by atoms with van der Waals surface area (Å²) in [6, 6.07) is 0.466. The van der Waals surface area contributed by atoms with Gasteiger partial charge in [-0.1, -0.05) is 35.4 Å².